The number of ether oxygens (including phenoxy) is 4. The molecule has 0 bridgehead atoms. The molecular formula is C56H64N4O18P2. The predicted molar refractivity (Wildman–Crippen MR) is 287 cm³/mol. The third-order valence-electron chi connectivity index (χ3n) is 11.9. The summed E-state index contributed by atoms with van der Waals surface area (Å²) in [6, 6.07) is 7.93. The van der Waals surface area contributed by atoms with Crippen molar-refractivity contribution < 1.29 is 85.5 Å². The fraction of sp³-hybridized carbons (Fsp3) is 0.357. The number of carbonyl (C=O) groups is 4. The van der Waals surface area contributed by atoms with Crippen LogP contribution >= 0.6 is 16.9 Å². The minimum absolute atomic E-state index is 0.0126. The Balaban J connectivity index is 0.00000167. The van der Waals surface area contributed by atoms with Crippen molar-refractivity contribution in [3.8, 4) is 22.6 Å². The van der Waals surface area contributed by atoms with Crippen molar-refractivity contribution in [1.29, 1.82) is 0 Å². The summed E-state index contributed by atoms with van der Waals surface area (Å²) in [5.41, 5.74) is 10.4. The zero-order valence-electron chi connectivity index (χ0n) is 46.6. The third-order valence-corrected chi connectivity index (χ3v) is 15.1. The molecule has 4 aromatic heterocycles. The lowest BCUT2D eigenvalue weighted by Gasteiger charge is -2.27. The number of carbonyl (C=O) groups excluding carboxylic acids is 12. The molecule has 0 aliphatic carbocycles. The van der Waals surface area contributed by atoms with Crippen LogP contribution in [0.3, 0.4) is 0 Å². The minimum atomic E-state index is -2.07. The van der Waals surface area contributed by atoms with Crippen molar-refractivity contribution in [3.63, 3.8) is 0 Å². The van der Waals surface area contributed by atoms with Crippen LogP contribution in [0.4, 0.5) is 0 Å². The predicted octanol–water partition coefficient (Wildman–Crippen LogP) is 9.82. The smallest absolute Gasteiger partial charge is 0.373 e. The first kappa shape index (κ1) is 67.5. The molecule has 0 N–H and O–H groups in total. The van der Waals surface area contributed by atoms with E-state index in [1.165, 1.54) is 23.5 Å². The molecule has 426 valence electrons. The maximum absolute atomic E-state index is 13.5. The van der Waals surface area contributed by atoms with E-state index in [0.29, 0.717) is 35.5 Å². The molecule has 0 spiro atoms. The van der Waals surface area contributed by atoms with E-state index in [1.807, 2.05) is 74.9 Å². The molecular weight excluding hydrogens is 1080 g/mol. The molecule has 0 aliphatic rings. The van der Waals surface area contributed by atoms with Crippen LogP contribution in [0, 0.1) is 27.7 Å². The molecule has 0 fully saturated rings. The number of hydrogen-bond acceptors (Lipinski definition) is 18. The van der Waals surface area contributed by atoms with Gasteiger partial charge in [-0.25, -0.2) is 19.2 Å². The number of esters is 4. The Bertz CT molecular complexity index is 3110. The second-order valence-electron chi connectivity index (χ2n) is 16.4. The van der Waals surface area contributed by atoms with Crippen molar-refractivity contribution in [3.05, 3.63) is 141 Å². The molecule has 4 heterocycles. The van der Waals surface area contributed by atoms with Crippen LogP contribution in [0.1, 0.15) is 141 Å². The van der Waals surface area contributed by atoms with Crippen LogP contribution in [0.2, 0.25) is 0 Å². The van der Waals surface area contributed by atoms with Crippen LogP contribution in [0.25, 0.3) is 11.1 Å². The van der Waals surface area contributed by atoms with Crippen molar-refractivity contribution in [2.45, 2.75) is 109 Å². The van der Waals surface area contributed by atoms with Crippen LogP contribution in [0.15, 0.2) is 73.8 Å². The van der Waals surface area contributed by atoms with E-state index < -0.39 is 34.8 Å². The summed E-state index contributed by atoms with van der Waals surface area (Å²) in [7, 11) is -3.76. The van der Waals surface area contributed by atoms with Crippen molar-refractivity contribution in [2.24, 2.45) is 0 Å². The Labute approximate surface area is 465 Å². The van der Waals surface area contributed by atoms with Gasteiger partial charge in [0.05, 0.1) is 48.7 Å². The lowest BCUT2D eigenvalue weighted by molar-refractivity contribution is -0.193. The van der Waals surface area contributed by atoms with E-state index in [1.54, 1.807) is 42.6 Å². The van der Waals surface area contributed by atoms with Gasteiger partial charge in [0.1, 0.15) is 11.5 Å². The van der Waals surface area contributed by atoms with Gasteiger partial charge in [-0.15, -0.1) is 0 Å². The van der Waals surface area contributed by atoms with Gasteiger partial charge in [0.15, 0.2) is 0 Å². The van der Waals surface area contributed by atoms with Gasteiger partial charge in [0, 0.05) is 60.7 Å². The molecule has 0 aliphatic heterocycles. The highest BCUT2D eigenvalue weighted by atomic mass is 31.2. The summed E-state index contributed by atoms with van der Waals surface area (Å²) < 4.78 is 44.0. The zero-order valence-corrected chi connectivity index (χ0v) is 48.4. The van der Waals surface area contributed by atoms with Crippen molar-refractivity contribution >= 4 is 65.4 Å². The first-order valence-corrected chi connectivity index (χ1v) is 27.3. The quantitative estimate of drug-likeness (QED) is 0.0368. The molecule has 6 rings (SSSR count). The second-order valence-corrected chi connectivity index (χ2v) is 19.6. The minimum Gasteiger partial charge on any atom is -0.462 e. The van der Waals surface area contributed by atoms with E-state index in [9.17, 15) is 19.2 Å². The van der Waals surface area contributed by atoms with Crippen molar-refractivity contribution in [2.75, 3.05) is 26.4 Å². The molecule has 2 aromatic carbocycles. The summed E-state index contributed by atoms with van der Waals surface area (Å²) in [5.74, 6) is -1.18. The van der Waals surface area contributed by atoms with Crippen LogP contribution in [-0.4, -0.2) is 92.3 Å². The number of aryl methyl sites for hydroxylation is 6. The molecule has 2 atom stereocenters. The molecule has 6 aromatic rings. The lowest BCUT2D eigenvalue weighted by Crippen LogP contribution is -2.11. The second kappa shape index (κ2) is 34.3. The van der Waals surface area contributed by atoms with E-state index in [0.717, 1.165) is 57.3 Å². The molecule has 24 heteroatoms. The maximum atomic E-state index is 13.5. The first-order valence-electron chi connectivity index (χ1n) is 25.0. The Hall–Kier alpha value is -8.58. The van der Waals surface area contributed by atoms with Gasteiger partial charge in [-0.1, -0.05) is 39.8 Å². The Morgan fingerprint density at radius 3 is 0.887 bits per heavy atom. The lowest BCUT2D eigenvalue weighted by atomic mass is 9.90. The first-order chi connectivity index (χ1) is 38.3. The Morgan fingerprint density at radius 2 is 0.613 bits per heavy atom. The highest BCUT2D eigenvalue weighted by Crippen LogP contribution is 2.53. The molecule has 0 saturated carbocycles. The summed E-state index contributed by atoms with van der Waals surface area (Å²) in [6.45, 7) is 24.0. The van der Waals surface area contributed by atoms with Gasteiger partial charge in [-0.3, -0.25) is 17.4 Å². The molecule has 80 heavy (non-hydrogen) atoms. The topological polar surface area (TPSA) is 280 Å². The van der Waals surface area contributed by atoms with Crippen molar-refractivity contribution in [1.82, 2.24) is 17.4 Å². The summed E-state index contributed by atoms with van der Waals surface area (Å²) in [5, 5.41) is 0. The molecule has 0 radical (unpaired) electrons. The monoisotopic (exact) mass is 1140 g/mol. The van der Waals surface area contributed by atoms with E-state index >= 15 is 0 Å². The van der Waals surface area contributed by atoms with E-state index in [2.05, 4.69) is 44.4 Å². The highest BCUT2D eigenvalue weighted by Gasteiger charge is 2.32. The SMILES string of the molecule is CCOC(=O)c1cn(P(Oc2ccc(C)c(C)c2-c2c(OP(n3cc(CC)c(C(=O)OCC)c3)n3cc(C(=O)OCC)c(C(=O)OCC)c3)ccc(C)c2C)n2cc(CC)c(CC)c2)cc1CC.O=C=O.O=C=O.O=C=O.O=C=O. The van der Waals surface area contributed by atoms with Gasteiger partial charge in [-0.2, -0.15) is 38.4 Å². The van der Waals surface area contributed by atoms with Crippen LogP contribution < -0.4 is 9.05 Å². The van der Waals surface area contributed by atoms with Gasteiger partial charge >= 0.3 is 65.4 Å². The number of hydrogen-bond donors (Lipinski definition) is 0. The molecule has 0 amide bonds. The highest BCUT2D eigenvalue weighted by molar-refractivity contribution is 7.50. The number of rotatable bonds is 21. The molecule has 22 nitrogen and oxygen atoms in total. The maximum Gasteiger partial charge on any atom is 0.373 e. The van der Waals surface area contributed by atoms with Crippen LogP contribution in [-0.2, 0) is 83.0 Å². The largest absolute Gasteiger partial charge is 0.462 e. The normalized spacial score (nSPS) is 10.7. The number of benzene rings is 2. The fourth-order valence-electron chi connectivity index (χ4n) is 8.01. The zero-order chi connectivity index (χ0) is 60.2. The number of aromatic nitrogens is 4. The Kier molecular flexibility index (Phi) is 29.0. The summed E-state index contributed by atoms with van der Waals surface area (Å²) in [6.07, 6.45) is 18.5. The van der Waals surface area contributed by atoms with Crippen LogP contribution in [0.5, 0.6) is 11.5 Å². The average Bonchev–Trinajstić information content (AvgIpc) is 4.29. The molecule has 2 unspecified atom stereocenters. The van der Waals surface area contributed by atoms with E-state index in [4.69, 9.17) is 66.4 Å². The van der Waals surface area contributed by atoms with Gasteiger partial charge < -0.3 is 28.0 Å². The summed E-state index contributed by atoms with van der Waals surface area (Å²) >= 11 is 0. The molecule has 0 saturated heterocycles. The van der Waals surface area contributed by atoms with E-state index in [-0.39, 0.29) is 68.1 Å². The Morgan fingerprint density at radius 1 is 0.375 bits per heavy atom. The summed E-state index contributed by atoms with van der Waals surface area (Å²) in [4.78, 5) is 119. The number of nitrogens with zero attached hydrogens (tertiary/aromatic N) is 4. The fourth-order valence-corrected chi connectivity index (χ4v) is 11.3. The van der Waals surface area contributed by atoms with Gasteiger partial charge in [0.2, 0.25) is 0 Å². The standard InChI is InChI=1S/C52H64N4O10P2.4CO2/c1-13-37-25-53(26-38(37)14-2)67(54-27-39(15-3)41(29-54)49(57)61-17-5)65-45-23-21-33(9)35(11)47(45)48-36(12)34(10)22-24-46(48)66-68(55-28-40(16-4)42(30-55)50(58)62-18-6)56-31-43(51(59)63-19-7)44(32-56)52(60)64-20-8;4*2-1-3/h21-32H,13-20H2,1-12H3;;;;. The third kappa shape index (κ3) is 17.2. The average molecular weight is 1140 g/mol. The van der Waals surface area contributed by atoms with Gasteiger partial charge in [0.25, 0.3) is 0 Å². The van der Waals surface area contributed by atoms with Gasteiger partial charge in [-0.05, 0) is 138 Å².